The van der Waals surface area contributed by atoms with Crippen molar-refractivity contribution in [3.05, 3.63) is 0 Å². The van der Waals surface area contributed by atoms with E-state index in [0.717, 1.165) is 29.6 Å². The molecule has 0 N–H and O–H groups in total. The highest BCUT2D eigenvalue weighted by atomic mass is 14.4. The van der Waals surface area contributed by atoms with Gasteiger partial charge in [0.1, 0.15) is 0 Å². The number of rotatable bonds is 6. The number of unbranched alkanes of at least 4 members (excludes halogenated alkanes) is 2. The molecule has 0 spiro atoms. The molecule has 0 aromatic heterocycles. The predicted molar refractivity (Wildman–Crippen MR) is 73.5 cm³/mol. The maximum atomic E-state index is 2.50. The van der Waals surface area contributed by atoms with E-state index in [4.69, 9.17) is 0 Å². The van der Waals surface area contributed by atoms with E-state index in [1.54, 1.807) is 0 Å². The molecule has 0 amide bonds. The van der Waals surface area contributed by atoms with Crippen LogP contribution in [0, 0.1) is 29.6 Å². The molecular formula is C16H32. The van der Waals surface area contributed by atoms with E-state index in [1.807, 2.05) is 0 Å². The molecule has 0 heterocycles. The van der Waals surface area contributed by atoms with Crippen LogP contribution in [0.15, 0.2) is 0 Å². The van der Waals surface area contributed by atoms with Gasteiger partial charge in [-0.05, 0) is 36.0 Å². The minimum absolute atomic E-state index is 0.939. The average molecular weight is 224 g/mol. The third-order valence-electron chi connectivity index (χ3n) is 5.38. The molecule has 1 rings (SSSR count). The predicted octanol–water partition coefficient (Wildman–Crippen LogP) is 5.52. The molecule has 96 valence electrons. The minimum atomic E-state index is 0.939. The summed E-state index contributed by atoms with van der Waals surface area (Å²) in [5.41, 5.74) is 0. The minimum Gasteiger partial charge on any atom is -0.0654 e. The van der Waals surface area contributed by atoms with Crippen LogP contribution < -0.4 is 0 Å². The molecular weight excluding hydrogens is 192 g/mol. The van der Waals surface area contributed by atoms with Crippen LogP contribution in [0.4, 0.5) is 0 Å². The molecule has 1 saturated carbocycles. The van der Waals surface area contributed by atoms with Crippen LogP contribution in [-0.2, 0) is 0 Å². The van der Waals surface area contributed by atoms with Crippen molar-refractivity contribution in [2.24, 2.45) is 29.6 Å². The second-order valence-corrected chi connectivity index (χ2v) is 6.26. The van der Waals surface area contributed by atoms with Gasteiger partial charge in [0.25, 0.3) is 0 Å². The average Bonchev–Trinajstić information content (AvgIpc) is 2.57. The molecule has 0 radical (unpaired) electrons. The highest BCUT2D eigenvalue weighted by Gasteiger charge is 2.39. The van der Waals surface area contributed by atoms with E-state index in [0.29, 0.717) is 0 Å². The molecule has 1 aliphatic carbocycles. The lowest BCUT2D eigenvalue weighted by Crippen LogP contribution is -2.16. The molecule has 0 aromatic carbocycles. The van der Waals surface area contributed by atoms with Crippen molar-refractivity contribution >= 4 is 0 Å². The lowest BCUT2D eigenvalue weighted by molar-refractivity contribution is 0.258. The highest BCUT2D eigenvalue weighted by molar-refractivity contribution is 4.88. The van der Waals surface area contributed by atoms with Crippen molar-refractivity contribution in [2.45, 2.75) is 73.1 Å². The Morgan fingerprint density at radius 1 is 1.06 bits per heavy atom. The fourth-order valence-electron chi connectivity index (χ4n) is 3.69. The first-order valence-electron chi connectivity index (χ1n) is 7.61. The maximum Gasteiger partial charge on any atom is -0.0357 e. The molecule has 0 aromatic rings. The summed E-state index contributed by atoms with van der Waals surface area (Å²) in [7, 11) is 0. The van der Waals surface area contributed by atoms with Crippen molar-refractivity contribution in [1.82, 2.24) is 0 Å². The summed E-state index contributed by atoms with van der Waals surface area (Å²) in [5, 5.41) is 0. The van der Waals surface area contributed by atoms with Gasteiger partial charge in [-0.1, -0.05) is 66.7 Å². The summed E-state index contributed by atoms with van der Waals surface area (Å²) in [6.45, 7) is 12.1. The van der Waals surface area contributed by atoms with Gasteiger partial charge < -0.3 is 0 Å². The molecule has 16 heavy (non-hydrogen) atoms. The Kier molecular flexibility index (Phi) is 5.86. The van der Waals surface area contributed by atoms with Gasteiger partial charge in [0.05, 0.1) is 0 Å². The second-order valence-electron chi connectivity index (χ2n) is 6.26. The summed E-state index contributed by atoms with van der Waals surface area (Å²) >= 11 is 0. The Morgan fingerprint density at radius 2 is 1.75 bits per heavy atom. The van der Waals surface area contributed by atoms with Crippen molar-refractivity contribution < 1.29 is 0 Å². The zero-order chi connectivity index (χ0) is 12.1. The van der Waals surface area contributed by atoms with Crippen LogP contribution in [0.2, 0.25) is 0 Å². The number of hydrogen-bond donors (Lipinski definition) is 0. The quantitative estimate of drug-likeness (QED) is 0.521. The summed E-state index contributed by atoms with van der Waals surface area (Å²) < 4.78 is 0. The smallest absolute Gasteiger partial charge is 0.0357 e. The van der Waals surface area contributed by atoms with Gasteiger partial charge >= 0.3 is 0 Å². The maximum absolute atomic E-state index is 2.50. The molecule has 0 bridgehead atoms. The van der Waals surface area contributed by atoms with Crippen LogP contribution in [0.1, 0.15) is 73.1 Å². The van der Waals surface area contributed by atoms with E-state index in [1.165, 1.54) is 38.5 Å². The molecule has 1 aliphatic rings. The van der Waals surface area contributed by atoms with Gasteiger partial charge in [-0.2, -0.15) is 0 Å². The summed E-state index contributed by atoms with van der Waals surface area (Å²) in [5.74, 6) is 4.90. The van der Waals surface area contributed by atoms with Crippen molar-refractivity contribution in [3.63, 3.8) is 0 Å². The lowest BCUT2D eigenvalue weighted by Gasteiger charge is -2.23. The van der Waals surface area contributed by atoms with Gasteiger partial charge in [0.15, 0.2) is 0 Å². The molecule has 5 atom stereocenters. The lowest BCUT2D eigenvalue weighted by atomic mass is 9.82. The molecule has 0 heteroatoms. The van der Waals surface area contributed by atoms with Gasteiger partial charge in [-0.25, -0.2) is 0 Å². The fourth-order valence-corrected chi connectivity index (χ4v) is 3.69. The zero-order valence-electron chi connectivity index (χ0n) is 12.1. The van der Waals surface area contributed by atoms with Crippen LogP contribution >= 0.6 is 0 Å². The van der Waals surface area contributed by atoms with Crippen LogP contribution in [0.25, 0.3) is 0 Å². The first-order chi connectivity index (χ1) is 7.61. The Morgan fingerprint density at radius 3 is 2.31 bits per heavy atom. The summed E-state index contributed by atoms with van der Waals surface area (Å²) in [4.78, 5) is 0. The summed E-state index contributed by atoms with van der Waals surface area (Å²) in [6.07, 6.45) is 8.64. The zero-order valence-corrected chi connectivity index (χ0v) is 12.1. The van der Waals surface area contributed by atoms with Gasteiger partial charge in [0.2, 0.25) is 0 Å². The Hall–Kier alpha value is 0. The van der Waals surface area contributed by atoms with E-state index in [2.05, 4.69) is 34.6 Å². The molecule has 1 fully saturated rings. The third kappa shape index (κ3) is 3.25. The van der Waals surface area contributed by atoms with E-state index in [9.17, 15) is 0 Å². The molecule has 0 saturated heterocycles. The Bertz CT molecular complexity index is 184. The van der Waals surface area contributed by atoms with E-state index >= 15 is 0 Å². The standard InChI is InChI=1S/C16H32/c1-6-8-9-10-15-11-16(12(3)7-2)14(5)13(15)4/h12-16H,6-11H2,1-5H3. The van der Waals surface area contributed by atoms with Crippen LogP contribution in [0.5, 0.6) is 0 Å². The van der Waals surface area contributed by atoms with E-state index in [-0.39, 0.29) is 0 Å². The second kappa shape index (κ2) is 6.67. The number of hydrogen-bond acceptors (Lipinski definition) is 0. The third-order valence-corrected chi connectivity index (χ3v) is 5.38. The van der Waals surface area contributed by atoms with Gasteiger partial charge in [-0.15, -0.1) is 0 Å². The van der Waals surface area contributed by atoms with Gasteiger partial charge in [0, 0.05) is 0 Å². The van der Waals surface area contributed by atoms with E-state index < -0.39 is 0 Å². The topological polar surface area (TPSA) is 0 Å². The normalized spacial score (nSPS) is 36.6. The summed E-state index contributed by atoms with van der Waals surface area (Å²) in [6, 6.07) is 0. The van der Waals surface area contributed by atoms with Crippen molar-refractivity contribution in [1.29, 1.82) is 0 Å². The van der Waals surface area contributed by atoms with Crippen molar-refractivity contribution in [3.8, 4) is 0 Å². The monoisotopic (exact) mass is 224 g/mol. The van der Waals surface area contributed by atoms with Gasteiger partial charge in [-0.3, -0.25) is 0 Å². The Labute approximate surface area is 103 Å². The van der Waals surface area contributed by atoms with Crippen molar-refractivity contribution in [2.75, 3.05) is 0 Å². The SMILES string of the molecule is CCCCCC1CC(C(C)CC)C(C)C1C. The molecule has 0 aliphatic heterocycles. The van der Waals surface area contributed by atoms with Crippen LogP contribution in [0.3, 0.4) is 0 Å². The highest BCUT2D eigenvalue weighted by Crippen LogP contribution is 2.47. The molecule has 5 unspecified atom stereocenters. The first-order valence-corrected chi connectivity index (χ1v) is 7.61. The molecule has 0 nitrogen and oxygen atoms in total. The first kappa shape index (κ1) is 14.1. The Balaban J connectivity index is 2.44. The fraction of sp³-hybridized carbons (Fsp3) is 1.00. The largest absolute Gasteiger partial charge is 0.0654 e. The van der Waals surface area contributed by atoms with Crippen LogP contribution in [-0.4, -0.2) is 0 Å².